The summed E-state index contributed by atoms with van der Waals surface area (Å²) >= 11 is 0. The minimum Gasteiger partial charge on any atom is -0.478 e. The molecule has 0 bridgehead atoms. The lowest BCUT2D eigenvalue weighted by Crippen LogP contribution is -2.41. The summed E-state index contributed by atoms with van der Waals surface area (Å²) in [5.74, 6) is -0.914. The van der Waals surface area contributed by atoms with Crippen LogP contribution in [0.5, 0.6) is 0 Å². The quantitative estimate of drug-likeness (QED) is 0.205. The van der Waals surface area contributed by atoms with Crippen molar-refractivity contribution in [3.8, 4) is 11.4 Å². The van der Waals surface area contributed by atoms with E-state index in [4.69, 9.17) is 9.40 Å². The van der Waals surface area contributed by atoms with Gasteiger partial charge in [0.15, 0.2) is 0 Å². The van der Waals surface area contributed by atoms with Crippen molar-refractivity contribution in [2.45, 2.75) is 64.5 Å². The molecule has 0 saturated heterocycles. The lowest BCUT2D eigenvalue weighted by Gasteiger charge is -2.25. The highest BCUT2D eigenvalue weighted by atomic mass is 16.4. The molecule has 1 unspecified atom stereocenters. The van der Waals surface area contributed by atoms with Gasteiger partial charge in [-0.2, -0.15) is 0 Å². The van der Waals surface area contributed by atoms with Gasteiger partial charge in [0, 0.05) is 22.9 Å². The molecule has 0 aliphatic heterocycles. The number of nitrogens with one attached hydrogen (secondary N) is 2. The number of carboxylic acids is 1. The fourth-order valence-electron chi connectivity index (χ4n) is 5.36. The molecule has 1 aliphatic rings. The summed E-state index contributed by atoms with van der Waals surface area (Å²) in [5.41, 5.74) is 4.44. The minimum atomic E-state index is -0.977. The highest BCUT2D eigenvalue weighted by Gasteiger charge is 2.24. The second-order valence-electron chi connectivity index (χ2n) is 10.5. The van der Waals surface area contributed by atoms with Crippen molar-refractivity contribution in [2.75, 3.05) is 5.32 Å². The van der Waals surface area contributed by atoms with E-state index in [-0.39, 0.29) is 11.5 Å². The summed E-state index contributed by atoms with van der Waals surface area (Å²) in [6.45, 7) is 3.39. The first-order valence-electron chi connectivity index (χ1n) is 14.0. The Hall–Kier alpha value is -4.66. The SMILES string of the molecule is CC/C(=C\c1cccc(NC(=O)C(C)NC(=O)c2ccc3c(c2)nc(-c2ccoc2)n3C2CCCCC2)c1)C(=O)O. The van der Waals surface area contributed by atoms with Crippen LogP contribution in [0.25, 0.3) is 28.5 Å². The average molecular weight is 555 g/mol. The van der Waals surface area contributed by atoms with Gasteiger partial charge in [-0.05, 0) is 74.2 Å². The van der Waals surface area contributed by atoms with Gasteiger partial charge in [-0.15, -0.1) is 0 Å². The number of fused-ring (bicyclic) bond motifs is 1. The summed E-state index contributed by atoms with van der Waals surface area (Å²) in [4.78, 5) is 42.3. The van der Waals surface area contributed by atoms with Crippen molar-refractivity contribution in [1.29, 1.82) is 0 Å². The van der Waals surface area contributed by atoms with Crippen LogP contribution in [0.3, 0.4) is 0 Å². The molecule has 41 heavy (non-hydrogen) atoms. The number of aliphatic carboxylic acids is 1. The molecule has 1 aliphatic carbocycles. The smallest absolute Gasteiger partial charge is 0.331 e. The highest BCUT2D eigenvalue weighted by molar-refractivity contribution is 6.02. The number of furan rings is 1. The van der Waals surface area contributed by atoms with Crippen LogP contribution in [0, 0.1) is 0 Å². The summed E-state index contributed by atoms with van der Waals surface area (Å²) in [6, 6.07) is 13.8. The number of carbonyl (C=O) groups excluding carboxylic acids is 2. The first-order chi connectivity index (χ1) is 19.8. The van der Waals surface area contributed by atoms with Gasteiger partial charge in [0.05, 0.1) is 22.9 Å². The Bertz CT molecular complexity index is 1600. The predicted molar refractivity (Wildman–Crippen MR) is 157 cm³/mol. The van der Waals surface area contributed by atoms with Crippen molar-refractivity contribution >= 4 is 40.6 Å². The van der Waals surface area contributed by atoms with Gasteiger partial charge >= 0.3 is 5.97 Å². The maximum atomic E-state index is 13.1. The largest absolute Gasteiger partial charge is 0.478 e. The molecule has 1 atom stereocenters. The van der Waals surface area contributed by atoms with E-state index in [1.165, 1.54) is 19.3 Å². The lowest BCUT2D eigenvalue weighted by molar-refractivity contribution is -0.132. The normalized spacial score (nSPS) is 15.0. The fraction of sp³-hybridized carbons (Fsp3) is 0.312. The third-order valence-electron chi connectivity index (χ3n) is 7.56. The predicted octanol–water partition coefficient (Wildman–Crippen LogP) is 6.44. The van der Waals surface area contributed by atoms with Crippen molar-refractivity contribution in [3.05, 3.63) is 77.8 Å². The fourth-order valence-corrected chi connectivity index (χ4v) is 5.36. The van der Waals surface area contributed by atoms with Crippen LogP contribution in [-0.2, 0) is 9.59 Å². The molecule has 4 aromatic rings. The number of carbonyl (C=O) groups is 3. The van der Waals surface area contributed by atoms with E-state index in [0.29, 0.717) is 34.8 Å². The summed E-state index contributed by atoms with van der Waals surface area (Å²) in [7, 11) is 0. The molecule has 9 nitrogen and oxygen atoms in total. The third kappa shape index (κ3) is 6.24. The van der Waals surface area contributed by atoms with Crippen molar-refractivity contribution in [1.82, 2.24) is 14.9 Å². The van der Waals surface area contributed by atoms with Gasteiger partial charge in [0.25, 0.3) is 5.91 Å². The Kier molecular flexibility index (Phi) is 8.33. The number of anilines is 1. The zero-order valence-corrected chi connectivity index (χ0v) is 23.2. The maximum absolute atomic E-state index is 13.1. The van der Waals surface area contributed by atoms with E-state index in [1.54, 1.807) is 68.8 Å². The number of benzene rings is 2. The van der Waals surface area contributed by atoms with Gasteiger partial charge in [-0.3, -0.25) is 9.59 Å². The molecule has 9 heteroatoms. The molecule has 2 amide bonds. The molecule has 2 aromatic heterocycles. The number of amides is 2. The van der Waals surface area contributed by atoms with Crippen LogP contribution < -0.4 is 10.6 Å². The Morgan fingerprint density at radius 2 is 1.93 bits per heavy atom. The number of imidazole rings is 1. The van der Waals surface area contributed by atoms with Crippen molar-refractivity contribution < 1.29 is 23.9 Å². The van der Waals surface area contributed by atoms with Gasteiger partial charge in [-0.1, -0.05) is 38.3 Å². The number of carboxylic acid groups (broad SMARTS) is 1. The zero-order valence-electron chi connectivity index (χ0n) is 23.2. The van der Waals surface area contributed by atoms with Crippen LogP contribution in [0.15, 0.2) is 71.0 Å². The second kappa shape index (κ2) is 12.2. The standard InChI is InChI=1S/C32H34N4O5/c1-3-22(32(39)40)16-21-8-7-9-25(17-21)34-30(37)20(2)33-31(38)23-12-13-28-27(18-23)35-29(24-14-15-41-19-24)36(28)26-10-5-4-6-11-26/h7-9,12-20,26H,3-6,10-11H2,1-2H3,(H,33,38)(H,34,37)(H,39,40)/b22-16+. The summed E-state index contributed by atoms with van der Waals surface area (Å²) in [6.07, 6.45) is 11.1. The zero-order chi connectivity index (χ0) is 28.9. The van der Waals surface area contributed by atoms with E-state index in [0.717, 1.165) is 29.7 Å². The van der Waals surface area contributed by atoms with Crippen LogP contribution in [0.2, 0.25) is 0 Å². The number of hydrogen-bond acceptors (Lipinski definition) is 5. The van der Waals surface area contributed by atoms with Crippen LogP contribution in [-0.4, -0.2) is 38.5 Å². The first-order valence-corrected chi connectivity index (χ1v) is 14.0. The Balaban J connectivity index is 1.31. The van der Waals surface area contributed by atoms with Crippen LogP contribution in [0.4, 0.5) is 5.69 Å². The summed E-state index contributed by atoms with van der Waals surface area (Å²) < 4.78 is 7.61. The molecule has 5 rings (SSSR count). The monoisotopic (exact) mass is 554 g/mol. The molecule has 0 radical (unpaired) electrons. The van der Waals surface area contributed by atoms with Gasteiger partial charge in [0.2, 0.25) is 5.91 Å². The molecule has 0 spiro atoms. The minimum absolute atomic E-state index is 0.270. The number of aromatic nitrogens is 2. The van der Waals surface area contributed by atoms with E-state index >= 15 is 0 Å². The average Bonchev–Trinajstić information content (AvgIpc) is 3.64. The van der Waals surface area contributed by atoms with Gasteiger partial charge < -0.3 is 24.7 Å². The second-order valence-corrected chi connectivity index (χ2v) is 10.5. The Labute approximate surface area is 238 Å². The molecule has 212 valence electrons. The topological polar surface area (TPSA) is 126 Å². The van der Waals surface area contributed by atoms with Crippen LogP contribution >= 0.6 is 0 Å². The molecule has 2 heterocycles. The number of rotatable bonds is 9. The van der Waals surface area contributed by atoms with E-state index < -0.39 is 17.9 Å². The lowest BCUT2D eigenvalue weighted by atomic mass is 9.95. The molecular formula is C32H34N4O5. The van der Waals surface area contributed by atoms with Crippen molar-refractivity contribution in [3.63, 3.8) is 0 Å². The Morgan fingerprint density at radius 3 is 2.63 bits per heavy atom. The van der Waals surface area contributed by atoms with E-state index in [2.05, 4.69) is 15.2 Å². The van der Waals surface area contributed by atoms with Crippen LogP contribution in [0.1, 0.15) is 74.3 Å². The molecule has 2 aromatic carbocycles. The molecule has 1 fully saturated rings. The van der Waals surface area contributed by atoms with Gasteiger partial charge in [-0.25, -0.2) is 9.78 Å². The third-order valence-corrected chi connectivity index (χ3v) is 7.56. The molecular weight excluding hydrogens is 520 g/mol. The molecule has 1 saturated carbocycles. The Morgan fingerprint density at radius 1 is 1.12 bits per heavy atom. The first kappa shape index (κ1) is 27.9. The van der Waals surface area contributed by atoms with E-state index in [9.17, 15) is 19.5 Å². The maximum Gasteiger partial charge on any atom is 0.331 e. The van der Waals surface area contributed by atoms with E-state index in [1.807, 2.05) is 12.1 Å². The molecule has 3 N–H and O–H groups in total. The highest BCUT2D eigenvalue weighted by Crippen LogP contribution is 2.36. The summed E-state index contributed by atoms with van der Waals surface area (Å²) in [5, 5.41) is 14.9. The number of hydrogen-bond donors (Lipinski definition) is 3. The van der Waals surface area contributed by atoms with Crippen molar-refractivity contribution in [2.24, 2.45) is 0 Å². The van der Waals surface area contributed by atoms with Gasteiger partial charge in [0.1, 0.15) is 18.1 Å². The number of nitrogens with zero attached hydrogens (tertiary/aromatic N) is 2.